The third kappa shape index (κ3) is 4.48. The number of methoxy groups -OCH3 is 1. The summed E-state index contributed by atoms with van der Waals surface area (Å²) in [5.41, 5.74) is 1.82. The third-order valence-electron chi connectivity index (χ3n) is 5.17. The maximum atomic E-state index is 11.5. The summed E-state index contributed by atoms with van der Waals surface area (Å²) in [5.74, 6) is 0.607. The predicted molar refractivity (Wildman–Crippen MR) is 108 cm³/mol. The zero-order chi connectivity index (χ0) is 20.1. The average Bonchev–Trinajstić information content (AvgIpc) is 3.23. The SMILES string of the molecule is COc1ccc([C@H](CNc2ccc(C(C)=O)cc2[N+](=O)[O-])N2CCCC2)cc1. The molecule has 1 atom stereocenters. The smallest absolute Gasteiger partial charge is 0.293 e. The molecule has 0 saturated carbocycles. The van der Waals surface area contributed by atoms with E-state index in [1.807, 2.05) is 24.3 Å². The molecule has 7 nitrogen and oxygen atoms in total. The number of nitro benzene ring substituents is 1. The van der Waals surface area contributed by atoms with Gasteiger partial charge in [-0.3, -0.25) is 19.8 Å². The van der Waals surface area contributed by atoms with Crippen molar-refractivity contribution in [1.82, 2.24) is 4.90 Å². The van der Waals surface area contributed by atoms with Crippen molar-refractivity contribution < 1.29 is 14.5 Å². The van der Waals surface area contributed by atoms with E-state index in [9.17, 15) is 14.9 Å². The van der Waals surface area contributed by atoms with Gasteiger partial charge in [-0.25, -0.2) is 0 Å². The number of likely N-dealkylation sites (tertiary alicyclic amines) is 1. The fourth-order valence-corrected chi connectivity index (χ4v) is 3.59. The van der Waals surface area contributed by atoms with Gasteiger partial charge in [0.05, 0.1) is 18.1 Å². The Hall–Kier alpha value is -2.93. The second-order valence-electron chi connectivity index (χ2n) is 6.96. The number of carbonyl (C=O) groups is 1. The quantitative estimate of drug-likeness (QED) is 0.420. The minimum atomic E-state index is -0.451. The summed E-state index contributed by atoms with van der Waals surface area (Å²) in [6.45, 7) is 3.94. The Kier molecular flexibility index (Phi) is 6.26. The van der Waals surface area contributed by atoms with Gasteiger partial charge in [-0.1, -0.05) is 12.1 Å². The number of ketones is 1. The van der Waals surface area contributed by atoms with E-state index in [1.54, 1.807) is 19.2 Å². The van der Waals surface area contributed by atoms with Crippen molar-refractivity contribution in [2.45, 2.75) is 25.8 Å². The van der Waals surface area contributed by atoms with Crippen molar-refractivity contribution in [3.8, 4) is 5.75 Å². The molecule has 0 amide bonds. The minimum absolute atomic E-state index is 0.0809. The molecule has 1 saturated heterocycles. The molecule has 0 bridgehead atoms. The van der Waals surface area contributed by atoms with E-state index in [1.165, 1.54) is 13.0 Å². The molecular weight excluding hydrogens is 358 g/mol. The van der Waals surface area contributed by atoms with Gasteiger partial charge in [0.25, 0.3) is 5.69 Å². The molecule has 1 aliphatic rings. The molecule has 1 heterocycles. The fraction of sp³-hybridized carbons (Fsp3) is 0.381. The van der Waals surface area contributed by atoms with E-state index >= 15 is 0 Å². The van der Waals surface area contributed by atoms with Crippen molar-refractivity contribution in [2.75, 3.05) is 32.1 Å². The van der Waals surface area contributed by atoms with Gasteiger partial charge in [0.2, 0.25) is 0 Å². The summed E-state index contributed by atoms with van der Waals surface area (Å²) in [5, 5.41) is 14.7. The van der Waals surface area contributed by atoms with Gasteiger partial charge in [-0.15, -0.1) is 0 Å². The lowest BCUT2D eigenvalue weighted by Crippen LogP contribution is -2.31. The van der Waals surface area contributed by atoms with Crippen LogP contribution in [-0.4, -0.2) is 42.4 Å². The largest absolute Gasteiger partial charge is 0.497 e. The molecule has 1 N–H and O–H groups in total. The topological polar surface area (TPSA) is 84.7 Å². The third-order valence-corrected chi connectivity index (χ3v) is 5.17. The van der Waals surface area contributed by atoms with Crippen LogP contribution in [0.15, 0.2) is 42.5 Å². The van der Waals surface area contributed by atoms with Crippen LogP contribution in [0.5, 0.6) is 5.75 Å². The molecule has 0 aliphatic carbocycles. The molecule has 0 spiro atoms. The number of hydrogen-bond donors (Lipinski definition) is 1. The Morgan fingerprint density at radius 1 is 1.21 bits per heavy atom. The summed E-state index contributed by atoms with van der Waals surface area (Å²) >= 11 is 0. The summed E-state index contributed by atoms with van der Waals surface area (Å²) in [6, 6.07) is 12.6. The Morgan fingerprint density at radius 3 is 2.46 bits per heavy atom. The molecule has 28 heavy (non-hydrogen) atoms. The minimum Gasteiger partial charge on any atom is -0.497 e. The van der Waals surface area contributed by atoms with E-state index < -0.39 is 4.92 Å². The van der Waals surface area contributed by atoms with Crippen LogP contribution in [0.4, 0.5) is 11.4 Å². The Labute approximate surface area is 164 Å². The number of hydrogen-bond acceptors (Lipinski definition) is 6. The summed E-state index contributed by atoms with van der Waals surface area (Å²) < 4.78 is 5.24. The number of anilines is 1. The standard InChI is InChI=1S/C21H25N3O4/c1-15(25)17-7-10-19(20(13-17)24(26)27)22-14-21(23-11-3-4-12-23)16-5-8-18(28-2)9-6-16/h5-10,13,21-22H,3-4,11-12,14H2,1-2H3/t21-/m0/s1. The molecular formula is C21H25N3O4. The maximum Gasteiger partial charge on any atom is 0.293 e. The van der Waals surface area contributed by atoms with Crippen LogP contribution in [0.2, 0.25) is 0 Å². The monoisotopic (exact) mass is 383 g/mol. The van der Waals surface area contributed by atoms with E-state index in [-0.39, 0.29) is 17.5 Å². The second kappa shape index (κ2) is 8.84. The van der Waals surface area contributed by atoms with Crippen molar-refractivity contribution in [2.24, 2.45) is 0 Å². The number of ether oxygens (including phenoxy) is 1. The first kappa shape index (κ1) is 19.8. The van der Waals surface area contributed by atoms with Gasteiger partial charge in [0.15, 0.2) is 5.78 Å². The lowest BCUT2D eigenvalue weighted by atomic mass is 10.0. The van der Waals surface area contributed by atoms with Crippen LogP contribution in [0.25, 0.3) is 0 Å². The van der Waals surface area contributed by atoms with E-state index in [0.29, 0.717) is 17.8 Å². The van der Waals surface area contributed by atoms with Gasteiger partial charge in [-0.05, 0) is 62.7 Å². The van der Waals surface area contributed by atoms with Gasteiger partial charge < -0.3 is 10.1 Å². The zero-order valence-corrected chi connectivity index (χ0v) is 16.2. The van der Waals surface area contributed by atoms with Gasteiger partial charge in [0, 0.05) is 18.2 Å². The number of nitro groups is 1. The van der Waals surface area contributed by atoms with Crippen LogP contribution in [0, 0.1) is 10.1 Å². The second-order valence-corrected chi connectivity index (χ2v) is 6.96. The molecule has 2 aromatic rings. The van der Waals surface area contributed by atoms with E-state index in [2.05, 4.69) is 10.2 Å². The molecule has 1 aliphatic heterocycles. The Balaban J connectivity index is 1.83. The normalized spacial score (nSPS) is 15.2. The molecule has 1 fully saturated rings. The molecule has 2 aromatic carbocycles. The highest BCUT2D eigenvalue weighted by atomic mass is 16.6. The first-order chi connectivity index (χ1) is 13.5. The highest BCUT2D eigenvalue weighted by Crippen LogP contribution is 2.30. The van der Waals surface area contributed by atoms with E-state index in [4.69, 9.17) is 4.74 Å². The number of benzene rings is 2. The molecule has 0 radical (unpaired) electrons. The first-order valence-electron chi connectivity index (χ1n) is 9.41. The number of nitrogens with one attached hydrogen (secondary N) is 1. The highest BCUT2D eigenvalue weighted by molar-refractivity contribution is 5.95. The number of Topliss-reactive ketones (excluding diaryl/α,β-unsaturated/α-hetero) is 1. The number of rotatable bonds is 8. The molecule has 0 unspecified atom stereocenters. The van der Waals surface area contributed by atoms with E-state index in [0.717, 1.165) is 37.2 Å². The first-order valence-corrected chi connectivity index (χ1v) is 9.41. The zero-order valence-electron chi connectivity index (χ0n) is 16.2. The summed E-state index contributed by atoms with van der Waals surface area (Å²) in [7, 11) is 1.64. The number of carbonyl (C=O) groups excluding carboxylic acids is 1. The van der Waals surface area contributed by atoms with Crippen LogP contribution < -0.4 is 10.1 Å². The van der Waals surface area contributed by atoms with Crippen molar-refractivity contribution in [1.29, 1.82) is 0 Å². The maximum absolute atomic E-state index is 11.5. The number of nitrogens with zero attached hydrogens (tertiary/aromatic N) is 2. The summed E-state index contributed by atoms with van der Waals surface area (Å²) in [6.07, 6.45) is 2.31. The summed E-state index contributed by atoms with van der Waals surface area (Å²) in [4.78, 5) is 25.0. The lowest BCUT2D eigenvalue weighted by Gasteiger charge is -2.28. The predicted octanol–water partition coefficient (Wildman–Crippen LogP) is 4.06. The lowest BCUT2D eigenvalue weighted by molar-refractivity contribution is -0.384. The highest BCUT2D eigenvalue weighted by Gasteiger charge is 2.25. The van der Waals surface area contributed by atoms with Gasteiger partial charge >= 0.3 is 0 Å². The van der Waals surface area contributed by atoms with Gasteiger partial charge in [0.1, 0.15) is 11.4 Å². The molecule has 7 heteroatoms. The van der Waals surface area contributed by atoms with Crippen LogP contribution in [0.3, 0.4) is 0 Å². The Bertz CT molecular complexity index is 845. The average molecular weight is 383 g/mol. The molecule has 0 aromatic heterocycles. The van der Waals surface area contributed by atoms with Crippen molar-refractivity contribution in [3.05, 3.63) is 63.7 Å². The Morgan fingerprint density at radius 2 is 1.89 bits per heavy atom. The van der Waals surface area contributed by atoms with Gasteiger partial charge in [-0.2, -0.15) is 0 Å². The fourth-order valence-electron chi connectivity index (χ4n) is 3.59. The van der Waals surface area contributed by atoms with Crippen molar-refractivity contribution >= 4 is 17.2 Å². The van der Waals surface area contributed by atoms with Crippen molar-refractivity contribution in [3.63, 3.8) is 0 Å². The van der Waals surface area contributed by atoms with Crippen LogP contribution >= 0.6 is 0 Å². The molecule has 148 valence electrons. The van der Waals surface area contributed by atoms with Crippen LogP contribution in [-0.2, 0) is 0 Å². The molecule has 3 rings (SSSR count). The van der Waals surface area contributed by atoms with Crippen LogP contribution in [0.1, 0.15) is 41.7 Å².